The number of nitrogens with one attached hydrogen (secondary N) is 1. The number of hydrogen-bond donors (Lipinski definition) is 2. The number of aromatic amines is 1. The summed E-state index contributed by atoms with van der Waals surface area (Å²) in [5.41, 5.74) is 10.1. The number of aryl methyl sites for hydroxylation is 1. The van der Waals surface area contributed by atoms with Gasteiger partial charge in [-0.2, -0.15) is 0 Å². The van der Waals surface area contributed by atoms with Gasteiger partial charge in [-0.3, -0.25) is 0 Å². The van der Waals surface area contributed by atoms with E-state index in [9.17, 15) is 0 Å². The van der Waals surface area contributed by atoms with Gasteiger partial charge in [0.25, 0.3) is 0 Å². The normalized spacial score (nSPS) is 26.0. The Labute approximate surface area is 124 Å². The average Bonchev–Trinajstić information content (AvgIpc) is 2.76. The van der Waals surface area contributed by atoms with E-state index in [1.807, 2.05) is 11.8 Å². The van der Waals surface area contributed by atoms with Gasteiger partial charge >= 0.3 is 0 Å². The third-order valence-electron chi connectivity index (χ3n) is 4.49. The molecule has 2 atom stereocenters. The fraction of sp³-hybridized carbons (Fsp3) is 0.562. The van der Waals surface area contributed by atoms with Gasteiger partial charge in [-0.25, -0.2) is 4.98 Å². The maximum absolute atomic E-state index is 6.46. The minimum Gasteiger partial charge on any atom is -0.333 e. The first-order chi connectivity index (χ1) is 9.45. The van der Waals surface area contributed by atoms with E-state index in [4.69, 9.17) is 5.73 Å². The lowest BCUT2D eigenvalue weighted by atomic mass is 9.73. The van der Waals surface area contributed by atoms with Gasteiger partial charge in [0.05, 0.1) is 11.0 Å². The number of benzene rings is 1. The molecule has 108 valence electrons. The lowest BCUT2D eigenvalue weighted by Gasteiger charge is -2.41. The Morgan fingerprint density at radius 1 is 1.40 bits per heavy atom. The Balaban J connectivity index is 1.82. The second-order valence-corrected chi connectivity index (χ2v) is 7.85. The zero-order chi connectivity index (χ0) is 14.3. The number of H-pyrrole nitrogens is 1. The summed E-state index contributed by atoms with van der Waals surface area (Å²) in [6.07, 6.45) is 3.67. The number of rotatable bonds is 2. The molecule has 1 heterocycles. The fourth-order valence-corrected chi connectivity index (χ4v) is 4.45. The molecule has 2 unspecified atom stereocenters. The van der Waals surface area contributed by atoms with Gasteiger partial charge in [0, 0.05) is 11.3 Å². The van der Waals surface area contributed by atoms with Gasteiger partial charge in [-0.05, 0) is 42.9 Å². The Bertz CT molecular complexity index is 617. The zero-order valence-corrected chi connectivity index (χ0v) is 13.3. The summed E-state index contributed by atoms with van der Waals surface area (Å²) in [7, 11) is 0. The topological polar surface area (TPSA) is 54.7 Å². The molecule has 1 aromatic carbocycles. The summed E-state index contributed by atoms with van der Waals surface area (Å²) in [6.45, 7) is 6.67. The van der Waals surface area contributed by atoms with Crippen LogP contribution in [0.4, 0.5) is 0 Å². The predicted octanol–water partition coefficient (Wildman–Crippen LogP) is 3.87. The molecule has 3 nitrogen and oxygen atoms in total. The van der Waals surface area contributed by atoms with E-state index < -0.39 is 0 Å². The first-order valence-electron chi connectivity index (χ1n) is 7.34. The van der Waals surface area contributed by atoms with Crippen molar-refractivity contribution in [2.45, 2.75) is 56.5 Å². The molecule has 2 aromatic rings. The largest absolute Gasteiger partial charge is 0.333 e. The molecule has 1 aliphatic carbocycles. The molecule has 0 saturated heterocycles. The summed E-state index contributed by atoms with van der Waals surface area (Å²) in [5.74, 6) is 0. The van der Waals surface area contributed by atoms with Crippen molar-refractivity contribution in [2.75, 3.05) is 0 Å². The number of thioether (sulfide) groups is 1. The summed E-state index contributed by atoms with van der Waals surface area (Å²) in [6, 6.07) is 6.57. The monoisotopic (exact) mass is 289 g/mol. The highest BCUT2D eigenvalue weighted by Crippen LogP contribution is 2.41. The van der Waals surface area contributed by atoms with Crippen LogP contribution in [0.2, 0.25) is 0 Å². The molecule has 3 N–H and O–H groups in total. The summed E-state index contributed by atoms with van der Waals surface area (Å²) >= 11 is 1.81. The highest BCUT2D eigenvalue weighted by Gasteiger charge is 2.37. The van der Waals surface area contributed by atoms with Crippen LogP contribution in [0.15, 0.2) is 23.4 Å². The van der Waals surface area contributed by atoms with Crippen molar-refractivity contribution in [3.63, 3.8) is 0 Å². The van der Waals surface area contributed by atoms with Crippen molar-refractivity contribution in [1.29, 1.82) is 0 Å². The zero-order valence-electron chi connectivity index (χ0n) is 12.4. The van der Waals surface area contributed by atoms with Crippen LogP contribution in [0.1, 0.15) is 38.7 Å². The SMILES string of the molecule is Cc1ccc2nc(SC3CCCC(C)(C)C3N)[nH]c2c1. The molecule has 0 amide bonds. The second-order valence-electron chi connectivity index (χ2n) is 6.63. The molecule has 0 bridgehead atoms. The summed E-state index contributed by atoms with van der Waals surface area (Å²) < 4.78 is 0. The minimum atomic E-state index is 0.233. The number of nitrogens with two attached hydrogens (primary N) is 1. The fourth-order valence-electron chi connectivity index (χ4n) is 3.04. The van der Waals surface area contributed by atoms with Crippen LogP contribution in [0.25, 0.3) is 11.0 Å². The van der Waals surface area contributed by atoms with E-state index in [-0.39, 0.29) is 11.5 Å². The van der Waals surface area contributed by atoms with Gasteiger partial charge in [0.1, 0.15) is 0 Å². The number of fused-ring (bicyclic) bond motifs is 1. The Hall–Kier alpha value is -1.00. The van der Waals surface area contributed by atoms with E-state index in [2.05, 4.69) is 48.9 Å². The number of hydrogen-bond acceptors (Lipinski definition) is 3. The van der Waals surface area contributed by atoms with Crippen LogP contribution in [0.3, 0.4) is 0 Å². The van der Waals surface area contributed by atoms with Gasteiger partial charge in [0.15, 0.2) is 5.16 Å². The third kappa shape index (κ3) is 2.59. The Morgan fingerprint density at radius 3 is 3.00 bits per heavy atom. The van der Waals surface area contributed by atoms with E-state index in [1.54, 1.807) is 0 Å². The van der Waals surface area contributed by atoms with Crippen LogP contribution in [-0.2, 0) is 0 Å². The van der Waals surface area contributed by atoms with E-state index in [0.29, 0.717) is 5.25 Å². The predicted molar refractivity (Wildman–Crippen MR) is 86.1 cm³/mol. The van der Waals surface area contributed by atoms with Crippen LogP contribution in [0.5, 0.6) is 0 Å². The number of imidazole rings is 1. The van der Waals surface area contributed by atoms with Gasteiger partial charge < -0.3 is 10.7 Å². The maximum Gasteiger partial charge on any atom is 0.166 e. The molecule has 1 aliphatic rings. The highest BCUT2D eigenvalue weighted by atomic mass is 32.2. The van der Waals surface area contributed by atoms with E-state index >= 15 is 0 Å². The number of nitrogens with zero attached hydrogens (tertiary/aromatic N) is 1. The molecule has 0 aliphatic heterocycles. The molecule has 0 spiro atoms. The first-order valence-corrected chi connectivity index (χ1v) is 8.22. The lowest BCUT2D eigenvalue weighted by Crippen LogP contribution is -2.48. The average molecular weight is 289 g/mol. The summed E-state index contributed by atoms with van der Waals surface area (Å²) in [4.78, 5) is 8.11. The van der Waals surface area contributed by atoms with E-state index in [0.717, 1.165) is 16.2 Å². The molecule has 0 radical (unpaired) electrons. The molecular weight excluding hydrogens is 266 g/mol. The first kappa shape index (κ1) is 14.0. The van der Waals surface area contributed by atoms with Crippen molar-refractivity contribution in [1.82, 2.24) is 9.97 Å². The van der Waals surface area contributed by atoms with Gasteiger partial charge in [0.2, 0.25) is 0 Å². The third-order valence-corrected chi connectivity index (χ3v) is 5.74. The molecular formula is C16H23N3S. The van der Waals surface area contributed by atoms with Crippen LogP contribution < -0.4 is 5.73 Å². The number of aromatic nitrogens is 2. The van der Waals surface area contributed by atoms with Crippen molar-refractivity contribution in [3.05, 3.63) is 23.8 Å². The van der Waals surface area contributed by atoms with Crippen molar-refractivity contribution in [2.24, 2.45) is 11.1 Å². The van der Waals surface area contributed by atoms with Gasteiger partial charge in [-0.15, -0.1) is 0 Å². The second kappa shape index (κ2) is 5.08. The van der Waals surface area contributed by atoms with E-state index in [1.165, 1.54) is 24.8 Å². The highest BCUT2D eigenvalue weighted by molar-refractivity contribution is 7.99. The van der Waals surface area contributed by atoms with Crippen molar-refractivity contribution >= 4 is 22.8 Å². The molecule has 1 aromatic heterocycles. The standard InChI is InChI=1S/C16H23N3S/c1-10-6-7-11-12(9-10)19-15(18-11)20-13-5-4-8-16(2,3)14(13)17/h6-7,9,13-14H,4-5,8,17H2,1-3H3,(H,18,19). The molecule has 1 saturated carbocycles. The van der Waals surface area contributed by atoms with Gasteiger partial charge in [-0.1, -0.05) is 38.1 Å². The Kier molecular flexibility index (Phi) is 3.55. The molecule has 3 rings (SSSR count). The lowest BCUT2D eigenvalue weighted by molar-refractivity contribution is 0.208. The Morgan fingerprint density at radius 2 is 2.20 bits per heavy atom. The molecule has 1 fully saturated rings. The molecule has 4 heteroatoms. The van der Waals surface area contributed by atoms with Crippen LogP contribution in [0, 0.1) is 12.3 Å². The quantitative estimate of drug-likeness (QED) is 0.882. The minimum absolute atomic E-state index is 0.233. The van der Waals surface area contributed by atoms with Crippen LogP contribution in [-0.4, -0.2) is 21.3 Å². The maximum atomic E-state index is 6.46. The smallest absolute Gasteiger partial charge is 0.166 e. The molecule has 20 heavy (non-hydrogen) atoms. The van der Waals surface area contributed by atoms with Crippen molar-refractivity contribution < 1.29 is 0 Å². The van der Waals surface area contributed by atoms with Crippen molar-refractivity contribution in [3.8, 4) is 0 Å². The van der Waals surface area contributed by atoms with Crippen LogP contribution >= 0.6 is 11.8 Å². The summed E-state index contributed by atoms with van der Waals surface area (Å²) in [5, 5.41) is 1.46.